The predicted octanol–water partition coefficient (Wildman–Crippen LogP) is 2.71. The standard InChI is InChI=1S/C15H16N2O/c1-11-6-8-13(9-7-11)17-15(18)14-5-3-2-4-12(14)10-16/h2-9H,10,16H2,1H3,(H,17,18). The lowest BCUT2D eigenvalue weighted by atomic mass is 10.1. The molecule has 0 saturated carbocycles. The minimum Gasteiger partial charge on any atom is -0.326 e. The molecule has 0 atom stereocenters. The lowest BCUT2D eigenvalue weighted by Crippen LogP contribution is -2.15. The Labute approximate surface area is 107 Å². The van der Waals surface area contributed by atoms with Crippen LogP contribution in [0.15, 0.2) is 48.5 Å². The Bertz CT molecular complexity index is 547. The second kappa shape index (κ2) is 5.47. The SMILES string of the molecule is Cc1ccc(NC(=O)c2ccccc2CN)cc1. The monoisotopic (exact) mass is 240 g/mol. The average molecular weight is 240 g/mol. The van der Waals surface area contributed by atoms with E-state index in [2.05, 4.69) is 5.32 Å². The molecule has 0 radical (unpaired) electrons. The maximum absolute atomic E-state index is 12.1. The number of aryl methyl sites for hydroxylation is 1. The van der Waals surface area contributed by atoms with Crippen molar-refractivity contribution in [2.45, 2.75) is 13.5 Å². The molecule has 3 nitrogen and oxygen atoms in total. The molecule has 0 aliphatic carbocycles. The molecule has 0 aliphatic heterocycles. The van der Waals surface area contributed by atoms with Crippen molar-refractivity contribution in [3.8, 4) is 0 Å². The Morgan fingerprint density at radius 2 is 1.78 bits per heavy atom. The Hall–Kier alpha value is -2.13. The molecule has 0 saturated heterocycles. The highest BCUT2D eigenvalue weighted by Crippen LogP contribution is 2.13. The van der Waals surface area contributed by atoms with Crippen molar-refractivity contribution >= 4 is 11.6 Å². The number of carbonyl (C=O) groups is 1. The van der Waals surface area contributed by atoms with Gasteiger partial charge in [-0.1, -0.05) is 35.9 Å². The van der Waals surface area contributed by atoms with Gasteiger partial charge in [-0.3, -0.25) is 4.79 Å². The highest BCUT2D eigenvalue weighted by Gasteiger charge is 2.09. The van der Waals surface area contributed by atoms with Crippen LogP contribution < -0.4 is 11.1 Å². The van der Waals surface area contributed by atoms with E-state index in [-0.39, 0.29) is 5.91 Å². The number of benzene rings is 2. The van der Waals surface area contributed by atoms with E-state index in [0.717, 1.165) is 16.8 Å². The summed E-state index contributed by atoms with van der Waals surface area (Å²) in [7, 11) is 0. The molecule has 0 unspecified atom stereocenters. The van der Waals surface area contributed by atoms with Gasteiger partial charge in [0.05, 0.1) is 0 Å². The minimum atomic E-state index is -0.125. The molecule has 92 valence electrons. The van der Waals surface area contributed by atoms with Gasteiger partial charge in [-0.15, -0.1) is 0 Å². The third-order valence-corrected chi connectivity index (χ3v) is 2.79. The third kappa shape index (κ3) is 2.76. The molecular formula is C15H16N2O. The zero-order chi connectivity index (χ0) is 13.0. The van der Waals surface area contributed by atoms with Crippen LogP contribution >= 0.6 is 0 Å². The van der Waals surface area contributed by atoms with Gasteiger partial charge in [-0.25, -0.2) is 0 Å². The van der Waals surface area contributed by atoms with Crippen molar-refractivity contribution in [1.29, 1.82) is 0 Å². The van der Waals surface area contributed by atoms with Crippen LogP contribution in [0.25, 0.3) is 0 Å². The number of nitrogens with one attached hydrogen (secondary N) is 1. The molecule has 18 heavy (non-hydrogen) atoms. The van der Waals surface area contributed by atoms with Crippen LogP contribution in [0, 0.1) is 6.92 Å². The van der Waals surface area contributed by atoms with Gasteiger partial charge >= 0.3 is 0 Å². The number of hydrogen-bond acceptors (Lipinski definition) is 2. The second-order valence-corrected chi connectivity index (χ2v) is 4.18. The van der Waals surface area contributed by atoms with Crippen molar-refractivity contribution < 1.29 is 4.79 Å². The number of nitrogens with two attached hydrogens (primary N) is 1. The average Bonchev–Trinajstić information content (AvgIpc) is 2.41. The number of carbonyl (C=O) groups excluding carboxylic acids is 1. The van der Waals surface area contributed by atoms with Gasteiger partial charge in [0.25, 0.3) is 5.91 Å². The van der Waals surface area contributed by atoms with Crippen LogP contribution in [0.1, 0.15) is 21.5 Å². The van der Waals surface area contributed by atoms with Gasteiger partial charge in [-0.05, 0) is 30.7 Å². The van der Waals surface area contributed by atoms with Gasteiger partial charge in [0.2, 0.25) is 0 Å². The molecule has 2 aromatic carbocycles. The van der Waals surface area contributed by atoms with Gasteiger partial charge in [-0.2, -0.15) is 0 Å². The molecule has 0 bridgehead atoms. The van der Waals surface area contributed by atoms with E-state index in [1.54, 1.807) is 6.07 Å². The van der Waals surface area contributed by atoms with Gasteiger partial charge < -0.3 is 11.1 Å². The van der Waals surface area contributed by atoms with Crippen LogP contribution in [-0.4, -0.2) is 5.91 Å². The zero-order valence-corrected chi connectivity index (χ0v) is 10.3. The normalized spacial score (nSPS) is 10.1. The Morgan fingerprint density at radius 1 is 1.11 bits per heavy atom. The summed E-state index contributed by atoms with van der Waals surface area (Å²) in [6, 6.07) is 15.1. The first-order valence-corrected chi connectivity index (χ1v) is 5.86. The van der Waals surface area contributed by atoms with E-state index >= 15 is 0 Å². The quantitative estimate of drug-likeness (QED) is 0.866. The molecule has 0 fully saturated rings. The highest BCUT2D eigenvalue weighted by atomic mass is 16.1. The highest BCUT2D eigenvalue weighted by molar-refractivity contribution is 6.05. The smallest absolute Gasteiger partial charge is 0.255 e. The maximum Gasteiger partial charge on any atom is 0.255 e. The number of anilines is 1. The summed E-state index contributed by atoms with van der Waals surface area (Å²) >= 11 is 0. The summed E-state index contributed by atoms with van der Waals surface area (Å²) < 4.78 is 0. The molecular weight excluding hydrogens is 224 g/mol. The first-order valence-electron chi connectivity index (χ1n) is 5.86. The third-order valence-electron chi connectivity index (χ3n) is 2.79. The fourth-order valence-electron chi connectivity index (χ4n) is 1.76. The molecule has 2 rings (SSSR count). The molecule has 3 heteroatoms. The van der Waals surface area contributed by atoms with Crippen LogP contribution in [0.4, 0.5) is 5.69 Å². The predicted molar refractivity (Wildman–Crippen MR) is 73.5 cm³/mol. The summed E-state index contributed by atoms with van der Waals surface area (Å²) in [6.07, 6.45) is 0. The van der Waals surface area contributed by atoms with E-state index in [1.807, 2.05) is 49.4 Å². The summed E-state index contributed by atoms with van der Waals surface area (Å²) in [5.41, 5.74) is 9.05. The Morgan fingerprint density at radius 3 is 2.44 bits per heavy atom. The number of amides is 1. The molecule has 0 heterocycles. The summed E-state index contributed by atoms with van der Waals surface area (Å²) in [6.45, 7) is 2.37. The molecule has 1 amide bonds. The van der Waals surface area contributed by atoms with Crippen molar-refractivity contribution in [3.05, 3.63) is 65.2 Å². The largest absolute Gasteiger partial charge is 0.326 e. The fourth-order valence-corrected chi connectivity index (χ4v) is 1.76. The van der Waals surface area contributed by atoms with Crippen LogP contribution in [0.2, 0.25) is 0 Å². The van der Waals surface area contributed by atoms with E-state index < -0.39 is 0 Å². The second-order valence-electron chi connectivity index (χ2n) is 4.18. The van der Waals surface area contributed by atoms with Crippen LogP contribution in [0.3, 0.4) is 0 Å². The van der Waals surface area contributed by atoms with Crippen LogP contribution in [-0.2, 0) is 6.54 Å². The van der Waals surface area contributed by atoms with Crippen LogP contribution in [0.5, 0.6) is 0 Å². The first kappa shape index (κ1) is 12.3. The van der Waals surface area contributed by atoms with Gasteiger partial charge in [0.15, 0.2) is 0 Å². The van der Waals surface area contributed by atoms with E-state index in [1.165, 1.54) is 0 Å². The van der Waals surface area contributed by atoms with Crippen molar-refractivity contribution in [3.63, 3.8) is 0 Å². The summed E-state index contributed by atoms with van der Waals surface area (Å²) in [5, 5.41) is 2.87. The van der Waals surface area contributed by atoms with Gasteiger partial charge in [0.1, 0.15) is 0 Å². The first-order chi connectivity index (χ1) is 8.70. The molecule has 0 spiro atoms. The lowest BCUT2D eigenvalue weighted by Gasteiger charge is -2.08. The fraction of sp³-hybridized carbons (Fsp3) is 0.133. The molecule has 0 aromatic heterocycles. The van der Waals surface area contributed by atoms with Gasteiger partial charge in [0, 0.05) is 17.8 Å². The van der Waals surface area contributed by atoms with E-state index in [9.17, 15) is 4.79 Å². The zero-order valence-electron chi connectivity index (χ0n) is 10.3. The van der Waals surface area contributed by atoms with E-state index in [0.29, 0.717) is 12.1 Å². The number of hydrogen-bond donors (Lipinski definition) is 2. The molecule has 0 aliphatic rings. The minimum absolute atomic E-state index is 0.125. The molecule has 3 N–H and O–H groups in total. The Kier molecular flexibility index (Phi) is 3.75. The van der Waals surface area contributed by atoms with E-state index in [4.69, 9.17) is 5.73 Å². The maximum atomic E-state index is 12.1. The number of rotatable bonds is 3. The van der Waals surface area contributed by atoms with Crippen molar-refractivity contribution in [2.24, 2.45) is 5.73 Å². The summed E-state index contributed by atoms with van der Waals surface area (Å²) in [4.78, 5) is 12.1. The molecule has 2 aromatic rings. The topological polar surface area (TPSA) is 55.1 Å². The van der Waals surface area contributed by atoms with Crippen molar-refractivity contribution in [2.75, 3.05) is 5.32 Å². The lowest BCUT2D eigenvalue weighted by molar-refractivity contribution is 0.102. The van der Waals surface area contributed by atoms with Crippen molar-refractivity contribution in [1.82, 2.24) is 0 Å². The summed E-state index contributed by atoms with van der Waals surface area (Å²) in [5.74, 6) is -0.125. The Balaban J connectivity index is 2.19.